The van der Waals surface area contributed by atoms with Crippen LogP contribution in [0.3, 0.4) is 0 Å². The summed E-state index contributed by atoms with van der Waals surface area (Å²) in [6.07, 6.45) is 0.893. The second-order valence-electron chi connectivity index (χ2n) is 7.30. The highest BCUT2D eigenvalue weighted by Crippen LogP contribution is 2.37. The SMILES string of the molecule is Nc1cccc(-c2ccc3c(c2)Cc2cc(-c4cccc(N)c4)ccc2N3)c1. The minimum atomic E-state index is 0.783. The van der Waals surface area contributed by atoms with Crippen molar-refractivity contribution in [2.45, 2.75) is 6.42 Å². The first-order valence-electron chi connectivity index (χ1n) is 9.40. The molecular formula is C25H21N3. The van der Waals surface area contributed by atoms with E-state index in [2.05, 4.69) is 53.8 Å². The molecule has 0 aromatic heterocycles. The van der Waals surface area contributed by atoms with Crippen molar-refractivity contribution in [1.29, 1.82) is 0 Å². The van der Waals surface area contributed by atoms with E-state index in [-0.39, 0.29) is 0 Å². The second kappa shape index (κ2) is 6.46. The smallest absolute Gasteiger partial charge is 0.0420 e. The lowest BCUT2D eigenvalue weighted by atomic mass is 9.91. The van der Waals surface area contributed by atoms with Crippen LogP contribution in [0.2, 0.25) is 0 Å². The predicted octanol–water partition coefficient (Wildman–Crippen LogP) is 5.83. The molecule has 3 nitrogen and oxygen atoms in total. The summed E-state index contributed by atoms with van der Waals surface area (Å²) in [6.45, 7) is 0. The first-order valence-corrected chi connectivity index (χ1v) is 9.40. The maximum Gasteiger partial charge on any atom is 0.0420 e. The van der Waals surface area contributed by atoms with Crippen molar-refractivity contribution in [2.75, 3.05) is 16.8 Å². The van der Waals surface area contributed by atoms with Crippen molar-refractivity contribution in [1.82, 2.24) is 0 Å². The predicted molar refractivity (Wildman–Crippen MR) is 119 cm³/mol. The normalized spacial score (nSPS) is 12.0. The number of fused-ring (bicyclic) bond motifs is 2. The topological polar surface area (TPSA) is 64.1 Å². The van der Waals surface area contributed by atoms with Crippen LogP contribution in [-0.2, 0) is 6.42 Å². The molecule has 0 aliphatic carbocycles. The van der Waals surface area contributed by atoms with Gasteiger partial charge in [0.25, 0.3) is 0 Å². The van der Waals surface area contributed by atoms with Gasteiger partial charge in [-0.2, -0.15) is 0 Å². The second-order valence-corrected chi connectivity index (χ2v) is 7.30. The molecule has 0 unspecified atom stereocenters. The van der Waals surface area contributed by atoms with Crippen molar-refractivity contribution >= 4 is 22.7 Å². The zero-order valence-electron chi connectivity index (χ0n) is 15.4. The monoisotopic (exact) mass is 363 g/mol. The van der Waals surface area contributed by atoms with Gasteiger partial charge < -0.3 is 16.8 Å². The summed E-state index contributed by atoms with van der Waals surface area (Å²) in [5.74, 6) is 0. The van der Waals surface area contributed by atoms with Gasteiger partial charge in [-0.05, 0) is 81.9 Å². The Morgan fingerprint density at radius 3 is 1.46 bits per heavy atom. The molecule has 0 amide bonds. The van der Waals surface area contributed by atoms with Gasteiger partial charge in [0.1, 0.15) is 0 Å². The minimum Gasteiger partial charge on any atom is -0.399 e. The van der Waals surface area contributed by atoms with E-state index in [1.165, 1.54) is 22.3 Å². The largest absolute Gasteiger partial charge is 0.399 e. The Bertz CT molecular complexity index is 1100. The highest BCUT2D eigenvalue weighted by Gasteiger charge is 2.16. The lowest BCUT2D eigenvalue weighted by Gasteiger charge is -2.23. The molecule has 1 aliphatic rings. The third kappa shape index (κ3) is 2.97. The number of benzene rings is 4. The van der Waals surface area contributed by atoms with Crippen LogP contribution < -0.4 is 16.8 Å². The maximum atomic E-state index is 5.96. The molecule has 1 heterocycles. The molecule has 0 bridgehead atoms. The first kappa shape index (κ1) is 16.5. The number of hydrogen-bond donors (Lipinski definition) is 3. The number of hydrogen-bond acceptors (Lipinski definition) is 3. The van der Waals surface area contributed by atoms with Gasteiger partial charge in [0.05, 0.1) is 0 Å². The van der Waals surface area contributed by atoms with E-state index >= 15 is 0 Å². The van der Waals surface area contributed by atoms with E-state index in [9.17, 15) is 0 Å². The maximum absolute atomic E-state index is 5.96. The van der Waals surface area contributed by atoms with Gasteiger partial charge in [0.2, 0.25) is 0 Å². The fourth-order valence-electron chi connectivity index (χ4n) is 3.87. The molecule has 0 atom stereocenters. The van der Waals surface area contributed by atoms with E-state index in [1.807, 2.05) is 36.4 Å². The van der Waals surface area contributed by atoms with Crippen LogP contribution >= 0.6 is 0 Å². The number of nitrogens with two attached hydrogens (primary N) is 2. The van der Waals surface area contributed by atoms with Crippen LogP contribution in [0.4, 0.5) is 22.7 Å². The molecule has 5 rings (SSSR count). The molecule has 1 aliphatic heterocycles. The van der Waals surface area contributed by atoms with Crippen LogP contribution in [0.1, 0.15) is 11.1 Å². The van der Waals surface area contributed by atoms with Gasteiger partial charge in [0, 0.05) is 29.2 Å². The molecule has 3 heteroatoms. The molecule has 4 aromatic carbocycles. The standard InChI is InChI=1S/C25H21N3/c26-22-5-1-3-16(14-22)18-7-9-24-20(11-18)13-21-12-19(8-10-25(21)28-24)17-4-2-6-23(27)15-17/h1-12,14-15,28H,13,26-27H2. The Kier molecular flexibility index (Phi) is 3.80. The van der Waals surface area contributed by atoms with Gasteiger partial charge in [-0.25, -0.2) is 0 Å². The van der Waals surface area contributed by atoms with Crippen molar-refractivity contribution in [3.63, 3.8) is 0 Å². The summed E-state index contributed by atoms with van der Waals surface area (Å²) in [4.78, 5) is 0. The lowest BCUT2D eigenvalue weighted by Crippen LogP contribution is -2.07. The van der Waals surface area contributed by atoms with Crippen LogP contribution in [0.5, 0.6) is 0 Å². The molecule has 0 radical (unpaired) electrons. The fraction of sp³-hybridized carbons (Fsp3) is 0.0400. The van der Waals surface area contributed by atoms with Crippen LogP contribution in [0.15, 0.2) is 84.9 Å². The Morgan fingerprint density at radius 1 is 0.536 bits per heavy atom. The summed E-state index contributed by atoms with van der Waals surface area (Å²) < 4.78 is 0. The van der Waals surface area contributed by atoms with Gasteiger partial charge >= 0.3 is 0 Å². The average Bonchev–Trinajstić information content (AvgIpc) is 2.71. The van der Waals surface area contributed by atoms with Crippen LogP contribution in [-0.4, -0.2) is 0 Å². The first-order chi connectivity index (χ1) is 13.7. The number of nitrogen functional groups attached to an aromatic ring is 2. The third-order valence-electron chi connectivity index (χ3n) is 5.30. The number of anilines is 4. The van der Waals surface area contributed by atoms with E-state index < -0.39 is 0 Å². The summed E-state index contributed by atoms with van der Waals surface area (Å²) in [7, 11) is 0. The zero-order chi connectivity index (χ0) is 19.1. The van der Waals surface area contributed by atoms with Gasteiger partial charge in [0.15, 0.2) is 0 Å². The number of rotatable bonds is 2. The minimum absolute atomic E-state index is 0.783. The molecule has 0 saturated carbocycles. The molecule has 0 fully saturated rings. The Balaban J connectivity index is 1.51. The molecule has 5 N–H and O–H groups in total. The molecular weight excluding hydrogens is 342 g/mol. The summed E-state index contributed by atoms with van der Waals surface area (Å²) in [5.41, 5.74) is 23.0. The summed E-state index contributed by atoms with van der Waals surface area (Å²) in [5, 5.41) is 3.57. The number of nitrogens with one attached hydrogen (secondary N) is 1. The lowest BCUT2D eigenvalue weighted by molar-refractivity contribution is 1.16. The molecule has 28 heavy (non-hydrogen) atoms. The fourth-order valence-corrected chi connectivity index (χ4v) is 3.87. The van der Waals surface area contributed by atoms with E-state index in [4.69, 9.17) is 11.5 Å². The highest BCUT2D eigenvalue weighted by molar-refractivity contribution is 5.79. The molecule has 0 spiro atoms. The van der Waals surface area contributed by atoms with Crippen molar-refractivity contribution in [3.05, 3.63) is 96.1 Å². The zero-order valence-corrected chi connectivity index (χ0v) is 15.4. The Hall–Kier alpha value is -3.72. The van der Waals surface area contributed by atoms with E-state index in [0.29, 0.717) is 0 Å². The van der Waals surface area contributed by atoms with Gasteiger partial charge in [-0.1, -0.05) is 36.4 Å². The van der Waals surface area contributed by atoms with E-state index in [1.54, 1.807) is 0 Å². The van der Waals surface area contributed by atoms with E-state index in [0.717, 1.165) is 40.3 Å². The molecule has 0 saturated heterocycles. The van der Waals surface area contributed by atoms with Gasteiger partial charge in [-0.3, -0.25) is 0 Å². The summed E-state index contributed by atoms with van der Waals surface area (Å²) in [6, 6.07) is 29.2. The van der Waals surface area contributed by atoms with Crippen LogP contribution in [0.25, 0.3) is 22.3 Å². The van der Waals surface area contributed by atoms with Crippen molar-refractivity contribution in [2.24, 2.45) is 0 Å². The third-order valence-corrected chi connectivity index (χ3v) is 5.30. The Morgan fingerprint density at radius 2 is 1.00 bits per heavy atom. The summed E-state index contributed by atoms with van der Waals surface area (Å²) >= 11 is 0. The molecule has 4 aromatic rings. The van der Waals surface area contributed by atoms with Crippen LogP contribution in [0, 0.1) is 0 Å². The highest BCUT2D eigenvalue weighted by atomic mass is 14.9. The van der Waals surface area contributed by atoms with Crippen molar-refractivity contribution in [3.8, 4) is 22.3 Å². The molecule has 136 valence electrons. The average molecular weight is 363 g/mol. The quantitative estimate of drug-likeness (QED) is 0.346. The van der Waals surface area contributed by atoms with Crippen molar-refractivity contribution < 1.29 is 0 Å². The van der Waals surface area contributed by atoms with Gasteiger partial charge in [-0.15, -0.1) is 0 Å². The Labute approximate surface area is 164 Å².